The van der Waals surface area contributed by atoms with Gasteiger partial charge in [0.25, 0.3) is 0 Å². The van der Waals surface area contributed by atoms with Crippen LogP contribution >= 0.6 is 0 Å². The molecule has 2 rings (SSSR count). The van der Waals surface area contributed by atoms with Crippen molar-refractivity contribution in [1.29, 1.82) is 0 Å². The molecule has 0 spiro atoms. The second-order valence-electron chi connectivity index (χ2n) is 6.09. The third-order valence-electron chi connectivity index (χ3n) is 4.14. The molecule has 1 saturated heterocycles. The summed E-state index contributed by atoms with van der Waals surface area (Å²) in [6.07, 6.45) is 1.81. The minimum absolute atomic E-state index is 0.238. The molecule has 1 aromatic rings. The van der Waals surface area contributed by atoms with E-state index in [-0.39, 0.29) is 5.91 Å². The summed E-state index contributed by atoms with van der Waals surface area (Å²) in [7, 11) is 0. The Morgan fingerprint density at radius 3 is 2.71 bits per heavy atom. The third-order valence-corrected chi connectivity index (χ3v) is 4.14. The largest absolute Gasteiger partial charge is 0.370 e. The van der Waals surface area contributed by atoms with E-state index < -0.39 is 5.41 Å². The number of anilines is 2. The predicted molar refractivity (Wildman–Crippen MR) is 84.4 cm³/mol. The standard InChI is InChI=1S/C15H25N5O/c1-5-7-17-12-10(2)13(19-11(3)18-12)20-8-6-15(4,9-20)14(16)21/h5-9H2,1-4H3,(H2,16,21)(H,17,18,19). The topological polar surface area (TPSA) is 84.1 Å². The summed E-state index contributed by atoms with van der Waals surface area (Å²) in [5, 5.41) is 3.34. The molecule has 1 unspecified atom stereocenters. The molecule has 0 saturated carbocycles. The van der Waals surface area contributed by atoms with Gasteiger partial charge < -0.3 is 16.0 Å². The molecule has 1 aliphatic heterocycles. The molecular weight excluding hydrogens is 266 g/mol. The van der Waals surface area contributed by atoms with Crippen LogP contribution in [0, 0.1) is 19.3 Å². The van der Waals surface area contributed by atoms with Gasteiger partial charge in [-0.05, 0) is 33.6 Å². The normalized spacial score (nSPS) is 21.6. The molecule has 116 valence electrons. The number of carbonyl (C=O) groups is 1. The van der Waals surface area contributed by atoms with Crippen molar-refractivity contribution < 1.29 is 4.79 Å². The molecular formula is C15H25N5O. The fourth-order valence-electron chi connectivity index (χ4n) is 2.68. The lowest BCUT2D eigenvalue weighted by molar-refractivity contribution is -0.125. The molecule has 0 radical (unpaired) electrons. The van der Waals surface area contributed by atoms with Gasteiger partial charge in [-0.2, -0.15) is 0 Å². The number of nitrogens with one attached hydrogen (secondary N) is 1. The van der Waals surface area contributed by atoms with Crippen molar-refractivity contribution in [2.45, 2.75) is 40.5 Å². The van der Waals surface area contributed by atoms with Gasteiger partial charge in [0.05, 0.1) is 5.41 Å². The molecule has 1 aliphatic rings. The van der Waals surface area contributed by atoms with Crippen LogP contribution in [0.4, 0.5) is 11.6 Å². The van der Waals surface area contributed by atoms with Crippen LogP contribution in [0.5, 0.6) is 0 Å². The predicted octanol–water partition coefficient (Wildman–Crippen LogP) is 1.62. The molecule has 0 bridgehead atoms. The molecule has 0 aromatic carbocycles. The van der Waals surface area contributed by atoms with Crippen molar-refractivity contribution in [3.05, 3.63) is 11.4 Å². The maximum absolute atomic E-state index is 11.6. The monoisotopic (exact) mass is 291 g/mol. The second kappa shape index (κ2) is 5.87. The van der Waals surface area contributed by atoms with Gasteiger partial charge in [-0.25, -0.2) is 9.97 Å². The zero-order chi connectivity index (χ0) is 15.6. The first-order valence-corrected chi connectivity index (χ1v) is 7.51. The molecule has 1 aromatic heterocycles. The summed E-state index contributed by atoms with van der Waals surface area (Å²) in [6, 6.07) is 0. The lowest BCUT2D eigenvalue weighted by atomic mass is 9.89. The van der Waals surface area contributed by atoms with Gasteiger partial charge in [0, 0.05) is 25.2 Å². The highest BCUT2D eigenvalue weighted by atomic mass is 16.1. The average Bonchev–Trinajstić information content (AvgIpc) is 2.83. The Hall–Kier alpha value is -1.85. The van der Waals surface area contributed by atoms with Crippen LogP contribution < -0.4 is 16.0 Å². The Bertz CT molecular complexity index is 545. The highest BCUT2D eigenvalue weighted by molar-refractivity contribution is 5.82. The maximum Gasteiger partial charge on any atom is 0.225 e. The van der Waals surface area contributed by atoms with E-state index in [9.17, 15) is 4.79 Å². The van der Waals surface area contributed by atoms with Gasteiger partial charge in [-0.3, -0.25) is 4.79 Å². The van der Waals surface area contributed by atoms with Crippen molar-refractivity contribution in [2.24, 2.45) is 11.1 Å². The molecule has 1 amide bonds. The van der Waals surface area contributed by atoms with Crippen LogP contribution in [0.15, 0.2) is 0 Å². The van der Waals surface area contributed by atoms with Crippen molar-refractivity contribution in [2.75, 3.05) is 29.9 Å². The summed E-state index contributed by atoms with van der Waals surface area (Å²) in [5.74, 6) is 2.29. The van der Waals surface area contributed by atoms with Gasteiger partial charge in [-0.1, -0.05) is 6.92 Å². The summed E-state index contributed by atoms with van der Waals surface area (Å²) >= 11 is 0. The van der Waals surface area contributed by atoms with Gasteiger partial charge >= 0.3 is 0 Å². The zero-order valence-electron chi connectivity index (χ0n) is 13.4. The Kier molecular flexibility index (Phi) is 4.34. The number of carbonyl (C=O) groups excluding carboxylic acids is 1. The number of nitrogens with two attached hydrogens (primary N) is 1. The molecule has 2 heterocycles. The first kappa shape index (κ1) is 15.5. The summed E-state index contributed by atoms with van der Waals surface area (Å²) in [5.41, 5.74) is 6.09. The summed E-state index contributed by atoms with van der Waals surface area (Å²) in [4.78, 5) is 22.8. The Morgan fingerprint density at radius 2 is 2.14 bits per heavy atom. The Morgan fingerprint density at radius 1 is 1.43 bits per heavy atom. The van der Waals surface area contributed by atoms with Crippen LogP contribution in [-0.4, -0.2) is 35.5 Å². The average molecular weight is 291 g/mol. The Labute approximate surface area is 126 Å². The highest BCUT2D eigenvalue weighted by Gasteiger charge is 2.40. The van der Waals surface area contributed by atoms with E-state index in [1.165, 1.54) is 0 Å². The number of rotatable bonds is 5. The zero-order valence-corrected chi connectivity index (χ0v) is 13.4. The van der Waals surface area contributed by atoms with Crippen molar-refractivity contribution in [3.8, 4) is 0 Å². The van der Waals surface area contributed by atoms with E-state index in [1.54, 1.807) is 0 Å². The van der Waals surface area contributed by atoms with Crippen molar-refractivity contribution >= 4 is 17.5 Å². The van der Waals surface area contributed by atoms with Gasteiger partial charge in [0.15, 0.2) is 0 Å². The fraction of sp³-hybridized carbons (Fsp3) is 0.667. The van der Waals surface area contributed by atoms with E-state index in [4.69, 9.17) is 5.73 Å². The number of hydrogen-bond acceptors (Lipinski definition) is 5. The van der Waals surface area contributed by atoms with Crippen molar-refractivity contribution in [1.82, 2.24) is 9.97 Å². The lowest BCUT2D eigenvalue weighted by Crippen LogP contribution is -2.37. The quantitative estimate of drug-likeness (QED) is 0.861. The maximum atomic E-state index is 11.6. The molecule has 1 atom stereocenters. The van der Waals surface area contributed by atoms with Crippen molar-refractivity contribution in [3.63, 3.8) is 0 Å². The van der Waals surface area contributed by atoms with Crippen LogP contribution in [0.3, 0.4) is 0 Å². The minimum Gasteiger partial charge on any atom is -0.370 e. The number of aryl methyl sites for hydroxylation is 1. The van der Waals surface area contributed by atoms with E-state index in [2.05, 4.69) is 27.1 Å². The van der Waals surface area contributed by atoms with Gasteiger partial charge in [0.2, 0.25) is 5.91 Å². The summed E-state index contributed by atoms with van der Waals surface area (Å²) in [6.45, 7) is 10.3. The first-order chi connectivity index (χ1) is 9.87. The molecule has 1 fully saturated rings. The minimum atomic E-state index is -0.470. The van der Waals surface area contributed by atoms with E-state index in [0.29, 0.717) is 6.54 Å². The second-order valence-corrected chi connectivity index (χ2v) is 6.09. The molecule has 6 heteroatoms. The SMILES string of the molecule is CCCNc1nc(C)nc(N2CCC(C)(C(N)=O)C2)c1C. The lowest BCUT2D eigenvalue weighted by Gasteiger charge is -2.24. The number of amides is 1. The van der Waals surface area contributed by atoms with E-state index in [1.807, 2.05) is 20.8 Å². The molecule has 0 aliphatic carbocycles. The smallest absolute Gasteiger partial charge is 0.225 e. The molecule has 6 nitrogen and oxygen atoms in total. The fourth-order valence-corrected chi connectivity index (χ4v) is 2.68. The van der Waals surface area contributed by atoms with Gasteiger partial charge in [0.1, 0.15) is 17.5 Å². The highest BCUT2D eigenvalue weighted by Crippen LogP contribution is 2.34. The third kappa shape index (κ3) is 3.09. The van der Waals surface area contributed by atoms with Crippen LogP contribution in [-0.2, 0) is 4.79 Å². The Balaban J connectivity index is 2.28. The number of hydrogen-bond donors (Lipinski definition) is 2. The first-order valence-electron chi connectivity index (χ1n) is 7.51. The number of aromatic nitrogens is 2. The molecule has 21 heavy (non-hydrogen) atoms. The number of nitrogens with zero attached hydrogens (tertiary/aromatic N) is 3. The van der Waals surface area contributed by atoms with E-state index >= 15 is 0 Å². The van der Waals surface area contributed by atoms with Crippen LogP contribution in [0.25, 0.3) is 0 Å². The number of primary amides is 1. The van der Waals surface area contributed by atoms with Gasteiger partial charge in [-0.15, -0.1) is 0 Å². The van der Waals surface area contributed by atoms with Crippen LogP contribution in [0.2, 0.25) is 0 Å². The van der Waals surface area contributed by atoms with E-state index in [0.717, 1.165) is 49.0 Å². The molecule has 3 N–H and O–H groups in total. The van der Waals surface area contributed by atoms with Crippen LogP contribution in [0.1, 0.15) is 38.1 Å². The summed E-state index contributed by atoms with van der Waals surface area (Å²) < 4.78 is 0.